The molecule has 98 valence electrons. The van der Waals surface area contributed by atoms with Crippen molar-refractivity contribution in [3.8, 4) is 0 Å². The van der Waals surface area contributed by atoms with E-state index in [9.17, 15) is 9.18 Å². The first-order chi connectivity index (χ1) is 9.04. The van der Waals surface area contributed by atoms with Crippen molar-refractivity contribution in [2.24, 2.45) is 0 Å². The van der Waals surface area contributed by atoms with Gasteiger partial charge >= 0.3 is 0 Å². The number of furan rings is 1. The minimum atomic E-state index is -0.459. The highest BCUT2D eigenvalue weighted by Gasteiger charge is 2.04. The van der Waals surface area contributed by atoms with Gasteiger partial charge in [-0.05, 0) is 52.3 Å². The number of hydrogen-bond donors (Lipinski definition) is 1. The molecule has 3 nitrogen and oxygen atoms in total. The van der Waals surface area contributed by atoms with Gasteiger partial charge in [-0.25, -0.2) is 4.39 Å². The number of amides is 1. The van der Waals surface area contributed by atoms with E-state index < -0.39 is 5.82 Å². The summed E-state index contributed by atoms with van der Waals surface area (Å²) in [5.74, 6) is -0.313. The maximum atomic E-state index is 12.8. The lowest BCUT2D eigenvalue weighted by Gasteiger charge is -2.04. The molecule has 6 heteroatoms. The fraction of sp³-hybridized carbons (Fsp3) is 0. The lowest BCUT2D eigenvalue weighted by molar-refractivity contribution is -0.111. The molecule has 0 fully saturated rings. The number of rotatable bonds is 3. The van der Waals surface area contributed by atoms with E-state index in [1.165, 1.54) is 24.3 Å². The SMILES string of the molecule is O=C(/C=C/c1ccc(Br)o1)Nc1ccc(F)cc1Cl. The van der Waals surface area contributed by atoms with Gasteiger partial charge < -0.3 is 9.73 Å². The summed E-state index contributed by atoms with van der Waals surface area (Å²) < 4.78 is 18.6. The van der Waals surface area contributed by atoms with Gasteiger partial charge in [0.1, 0.15) is 11.6 Å². The van der Waals surface area contributed by atoms with Gasteiger partial charge in [-0.15, -0.1) is 0 Å². The van der Waals surface area contributed by atoms with Crippen LogP contribution < -0.4 is 5.32 Å². The van der Waals surface area contributed by atoms with Gasteiger partial charge in [-0.2, -0.15) is 0 Å². The third kappa shape index (κ3) is 3.94. The van der Waals surface area contributed by atoms with E-state index in [2.05, 4.69) is 21.2 Å². The minimum Gasteiger partial charge on any atom is -0.450 e. The summed E-state index contributed by atoms with van der Waals surface area (Å²) in [5, 5.41) is 2.68. The summed E-state index contributed by atoms with van der Waals surface area (Å²) >= 11 is 8.95. The van der Waals surface area contributed by atoms with E-state index in [0.29, 0.717) is 16.1 Å². The van der Waals surface area contributed by atoms with E-state index in [4.69, 9.17) is 16.0 Å². The van der Waals surface area contributed by atoms with Crippen LogP contribution in [0.1, 0.15) is 5.76 Å². The maximum absolute atomic E-state index is 12.8. The van der Waals surface area contributed by atoms with Crippen LogP contribution in [0.3, 0.4) is 0 Å². The molecule has 2 aromatic rings. The van der Waals surface area contributed by atoms with E-state index in [1.54, 1.807) is 12.1 Å². The monoisotopic (exact) mass is 343 g/mol. The number of hydrogen-bond acceptors (Lipinski definition) is 2. The van der Waals surface area contributed by atoms with Crippen molar-refractivity contribution in [3.63, 3.8) is 0 Å². The topological polar surface area (TPSA) is 42.2 Å². The van der Waals surface area contributed by atoms with Crippen LogP contribution in [0.25, 0.3) is 6.08 Å². The minimum absolute atomic E-state index is 0.141. The zero-order valence-corrected chi connectivity index (χ0v) is 11.8. The number of anilines is 1. The van der Waals surface area contributed by atoms with E-state index in [0.717, 1.165) is 6.07 Å². The summed E-state index contributed by atoms with van der Waals surface area (Å²) in [7, 11) is 0. The number of nitrogens with one attached hydrogen (secondary N) is 1. The third-order valence-corrected chi connectivity index (χ3v) is 2.92. The summed E-state index contributed by atoms with van der Waals surface area (Å²) in [6.45, 7) is 0. The molecular weight excluding hydrogens is 337 g/mol. The molecule has 0 saturated carbocycles. The lowest BCUT2D eigenvalue weighted by atomic mass is 10.3. The Morgan fingerprint density at radius 3 is 2.79 bits per heavy atom. The Labute approximate surface area is 122 Å². The quantitative estimate of drug-likeness (QED) is 0.834. The molecule has 0 atom stereocenters. The number of benzene rings is 1. The Kier molecular flexibility index (Phi) is 4.39. The number of carbonyl (C=O) groups is 1. The van der Waals surface area contributed by atoms with Gasteiger partial charge in [0.05, 0.1) is 10.7 Å². The van der Waals surface area contributed by atoms with Crippen molar-refractivity contribution < 1.29 is 13.6 Å². The summed E-state index contributed by atoms with van der Waals surface area (Å²) in [6.07, 6.45) is 2.81. The Bertz CT molecular complexity index is 639. The van der Waals surface area contributed by atoms with Gasteiger partial charge in [0.15, 0.2) is 4.67 Å². The second kappa shape index (κ2) is 6.04. The molecule has 0 bridgehead atoms. The fourth-order valence-corrected chi connectivity index (χ4v) is 1.87. The zero-order chi connectivity index (χ0) is 13.8. The molecule has 0 unspecified atom stereocenters. The summed E-state index contributed by atoms with van der Waals surface area (Å²) in [6, 6.07) is 7.17. The second-order valence-electron chi connectivity index (χ2n) is 3.59. The third-order valence-electron chi connectivity index (χ3n) is 2.18. The van der Waals surface area contributed by atoms with Crippen LogP contribution in [0.2, 0.25) is 5.02 Å². The summed E-state index contributed by atoms with van der Waals surface area (Å²) in [5.41, 5.74) is 0.346. The van der Waals surface area contributed by atoms with Crippen molar-refractivity contribution in [1.82, 2.24) is 0 Å². The molecule has 2 rings (SSSR count). The van der Waals surface area contributed by atoms with Gasteiger partial charge in [0, 0.05) is 6.08 Å². The molecule has 1 amide bonds. The van der Waals surface area contributed by atoms with E-state index in [-0.39, 0.29) is 10.9 Å². The highest BCUT2D eigenvalue weighted by molar-refractivity contribution is 9.10. The van der Waals surface area contributed by atoms with Crippen molar-refractivity contribution in [1.29, 1.82) is 0 Å². The van der Waals surface area contributed by atoms with Crippen molar-refractivity contribution in [3.05, 3.63) is 57.7 Å². The van der Waals surface area contributed by atoms with Gasteiger partial charge in [-0.3, -0.25) is 4.79 Å². The van der Waals surface area contributed by atoms with Gasteiger partial charge in [0.25, 0.3) is 0 Å². The predicted molar refractivity (Wildman–Crippen MR) is 75.5 cm³/mol. The first-order valence-corrected chi connectivity index (χ1v) is 6.41. The average Bonchev–Trinajstić information content (AvgIpc) is 2.76. The average molecular weight is 345 g/mol. The fourth-order valence-electron chi connectivity index (χ4n) is 1.34. The highest BCUT2D eigenvalue weighted by atomic mass is 79.9. The van der Waals surface area contributed by atoms with Crippen molar-refractivity contribution in [2.75, 3.05) is 5.32 Å². The van der Waals surface area contributed by atoms with Crippen LogP contribution >= 0.6 is 27.5 Å². The smallest absolute Gasteiger partial charge is 0.248 e. The normalized spacial score (nSPS) is 10.9. The Hall–Kier alpha value is -1.59. The van der Waals surface area contributed by atoms with Crippen LogP contribution in [0, 0.1) is 5.82 Å². The van der Waals surface area contributed by atoms with Crippen molar-refractivity contribution in [2.45, 2.75) is 0 Å². The van der Waals surface area contributed by atoms with Crippen LogP contribution in [0.15, 0.2) is 45.5 Å². The molecule has 1 heterocycles. The van der Waals surface area contributed by atoms with E-state index in [1.807, 2.05) is 0 Å². The predicted octanol–water partition coefficient (Wildman–Crippen LogP) is 4.49. The highest BCUT2D eigenvalue weighted by Crippen LogP contribution is 2.22. The van der Waals surface area contributed by atoms with Gasteiger partial charge in [0.2, 0.25) is 5.91 Å². The molecule has 1 aromatic carbocycles. The Morgan fingerprint density at radius 1 is 1.37 bits per heavy atom. The zero-order valence-electron chi connectivity index (χ0n) is 9.49. The standard InChI is InChI=1S/C13H8BrClFNO2/c14-12-5-2-9(19-12)3-6-13(18)17-11-4-1-8(16)7-10(11)15/h1-7H,(H,17,18)/b6-3+. The molecule has 0 aliphatic rings. The molecule has 0 radical (unpaired) electrons. The molecule has 0 spiro atoms. The largest absolute Gasteiger partial charge is 0.450 e. The van der Waals surface area contributed by atoms with Crippen LogP contribution in [0.5, 0.6) is 0 Å². The summed E-state index contributed by atoms with van der Waals surface area (Å²) in [4.78, 5) is 11.6. The molecular formula is C13H8BrClFNO2. The van der Waals surface area contributed by atoms with Crippen LogP contribution in [-0.2, 0) is 4.79 Å². The van der Waals surface area contributed by atoms with Crippen LogP contribution in [-0.4, -0.2) is 5.91 Å². The molecule has 1 aromatic heterocycles. The molecule has 1 N–H and O–H groups in total. The molecule has 0 saturated heterocycles. The first kappa shape index (κ1) is 13.8. The van der Waals surface area contributed by atoms with E-state index >= 15 is 0 Å². The lowest BCUT2D eigenvalue weighted by Crippen LogP contribution is -2.08. The number of carbonyl (C=O) groups excluding carboxylic acids is 1. The first-order valence-electron chi connectivity index (χ1n) is 5.24. The van der Waals surface area contributed by atoms with Crippen molar-refractivity contribution >= 4 is 45.2 Å². The molecule has 19 heavy (non-hydrogen) atoms. The number of halogens is 3. The maximum Gasteiger partial charge on any atom is 0.248 e. The molecule has 0 aliphatic heterocycles. The van der Waals surface area contributed by atoms with Gasteiger partial charge in [-0.1, -0.05) is 11.6 Å². The van der Waals surface area contributed by atoms with Crippen LogP contribution in [0.4, 0.5) is 10.1 Å². The Balaban J connectivity index is 2.03. The molecule has 0 aliphatic carbocycles. The Morgan fingerprint density at radius 2 is 2.16 bits per heavy atom. The second-order valence-corrected chi connectivity index (χ2v) is 4.78.